The molecule has 22 heteroatoms. The molecule has 4 amide bonds. The molecule has 414 valence electrons. The number of hydrazine groups is 1. The van der Waals surface area contributed by atoms with Gasteiger partial charge in [-0.25, -0.2) is 19.6 Å². The molecule has 0 radical (unpaired) electrons. The van der Waals surface area contributed by atoms with E-state index in [0.29, 0.717) is 57.1 Å². The fourth-order valence-corrected chi connectivity index (χ4v) is 8.84. The lowest BCUT2D eigenvalue weighted by molar-refractivity contribution is -0.159. The Morgan fingerprint density at radius 2 is 1.79 bits per heavy atom. The van der Waals surface area contributed by atoms with E-state index in [9.17, 15) is 29.1 Å². The Bertz CT molecular complexity index is 2470. The van der Waals surface area contributed by atoms with Crippen molar-refractivity contribution >= 4 is 58.1 Å². The maximum absolute atomic E-state index is 13.7. The Morgan fingerprint density at radius 3 is 2.47 bits per heavy atom. The lowest BCUT2D eigenvalue weighted by Gasteiger charge is -2.41. The number of alkyl carbamates (subject to hydrolysis) is 1. The number of halogens is 1. The number of likely N-dealkylation sites (N-methyl/N-ethyl adjacent to an activating group) is 1. The van der Waals surface area contributed by atoms with Crippen LogP contribution in [0.2, 0.25) is 5.02 Å². The summed E-state index contributed by atoms with van der Waals surface area (Å²) < 4.78 is 41.1. The molecular formula is C53H77ClN8O13. The highest BCUT2D eigenvalue weighted by atomic mass is 35.5. The number of anilines is 1. The van der Waals surface area contributed by atoms with E-state index >= 15 is 0 Å². The second-order valence-electron chi connectivity index (χ2n) is 19.0. The number of methoxy groups -OCH3 is 2. The highest BCUT2D eigenvalue weighted by molar-refractivity contribution is 6.35. The molecule has 4 N–H and O–H groups in total. The van der Waals surface area contributed by atoms with Crippen molar-refractivity contribution in [1.29, 1.82) is 0 Å². The molecule has 2 aliphatic rings. The number of hydrogen-bond donors (Lipinski definition) is 4. The molecule has 0 spiro atoms. The van der Waals surface area contributed by atoms with Gasteiger partial charge >= 0.3 is 12.1 Å². The standard InChI is InChI=1S/C53H77ClN8O13/c1-11-40(74-51(66)36(4)60(7)47(64)18-22-71-24-25-72-23-20-56-46(63)17-21-62-39(32-59(6)55-5)29-38-15-13-19-57-50(38)62)30-48(65)61(8)41-27-37(28-42(69-9)49(41)54)26-34(2)14-12-16-45(70-10)53(68)31-43(75-52(67)58-53)35(3)44-33-73-44/h12-16,19,27-29,35-36,40,43-45,55,68H,11,17-18,20-26,30-33H2,1-10H3,(H,56,63)(H,58,67). The molecule has 1 aromatic carbocycles. The quantitative estimate of drug-likeness (QED) is 0.0225. The first-order chi connectivity index (χ1) is 35.8. The number of carbonyl (C=O) groups is 5. The number of aromatic nitrogens is 2. The van der Waals surface area contributed by atoms with Gasteiger partial charge < -0.3 is 57.9 Å². The zero-order chi connectivity index (χ0) is 54.8. The number of pyridine rings is 1. The van der Waals surface area contributed by atoms with Crippen molar-refractivity contribution in [2.75, 3.05) is 86.9 Å². The van der Waals surface area contributed by atoms with Gasteiger partial charge in [0, 0.05) is 77.4 Å². The molecular weight excluding hydrogens is 992 g/mol. The number of rotatable bonds is 31. The Balaban J connectivity index is 1.01. The lowest BCUT2D eigenvalue weighted by Crippen LogP contribution is -2.63. The molecule has 0 saturated carbocycles. The first-order valence-electron chi connectivity index (χ1n) is 25.3. The number of cyclic esters (lactones) is 1. The molecule has 5 rings (SSSR count). The number of nitrogens with one attached hydrogen (secondary N) is 3. The third kappa shape index (κ3) is 17.4. The SMILES string of the molecule is CCC(CC(=O)N(C)c1cc(CC(C)=CC=CC(OC)C2(O)CC(C(C)C3CO3)OC(=O)N2)cc(OC)c1Cl)OC(=O)C(C)N(C)C(=O)CCOCCOCCNC(=O)CCn1c(CN(C)NC)cc2cccnc21. The third-order valence-electron chi connectivity index (χ3n) is 13.5. The molecule has 2 fully saturated rings. The summed E-state index contributed by atoms with van der Waals surface area (Å²) in [5.41, 5.74) is 5.37. The van der Waals surface area contributed by atoms with Gasteiger partial charge in [-0.1, -0.05) is 49.2 Å². The van der Waals surface area contributed by atoms with E-state index in [-0.39, 0.29) is 80.3 Å². The zero-order valence-electron chi connectivity index (χ0n) is 45.0. The fourth-order valence-electron chi connectivity index (χ4n) is 8.53. The number of fused-ring (bicyclic) bond motifs is 1. The summed E-state index contributed by atoms with van der Waals surface area (Å²) in [4.78, 5) is 72.3. The van der Waals surface area contributed by atoms with Gasteiger partial charge in [-0.05, 0) is 69.6 Å². The van der Waals surface area contributed by atoms with Gasteiger partial charge in [0.25, 0.3) is 0 Å². The minimum atomic E-state index is -1.70. The second kappa shape index (κ2) is 29.0. The van der Waals surface area contributed by atoms with Crippen molar-refractivity contribution in [2.24, 2.45) is 5.92 Å². The molecule has 0 bridgehead atoms. The van der Waals surface area contributed by atoms with Crippen LogP contribution in [0.15, 0.2) is 60.3 Å². The van der Waals surface area contributed by atoms with Crippen LogP contribution in [0.3, 0.4) is 0 Å². The molecule has 4 heterocycles. The van der Waals surface area contributed by atoms with Crippen molar-refractivity contribution in [1.82, 2.24) is 35.5 Å². The topological polar surface area (TPSA) is 237 Å². The van der Waals surface area contributed by atoms with Crippen LogP contribution in [0.1, 0.15) is 71.1 Å². The van der Waals surface area contributed by atoms with E-state index < -0.39 is 42.1 Å². The monoisotopic (exact) mass is 1070 g/mol. The minimum absolute atomic E-state index is 0.0180. The van der Waals surface area contributed by atoms with E-state index in [1.165, 1.54) is 31.1 Å². The van der Waals surface area contributed by atoms with Crippen LogP contribution in [0.4, 0.5) is 10.5 Å². The van der Waals surface area contributed by atoms with Crippen LogP contribution >= 0.6 is 11.6 Å². The average molecular weight is 1070 g/mol. The number of aliphatic hydroxyl groups is 1. The highest BCUT2D eigenvalue weighted by Gasteiger charge is 2.49. The lowest BCUT2D eigenvalue weighted by atomic mass is 9.89. The highest BCUT2D eigenvalue weighted by Crippen LogP contribution is 2.37. The van der Waals surface area contributed by atoms with E-state index in [1.807, 2.05) is 51.2 Å². The van der Waals surface area contributed by atoms with Crippen LogP contribution in [0.25, 0.3) is 11.0 Å². The van der Waals surface area contributed by atoms with Crippen molar-refractivity contribution < 1.29 is 62.2 Å². The van der Waals surface area contributed by atoms with Gasteiger partial charge in [0.2, 0.25) is 17.7 Å². The Hall–Kier alpha value is -5.65. The van der Waals surface area contributed by atoms with Crippen molar-refractivity contribution in [3.05, 3.63) is 76.6 Å². The van der Waals surface area contributed by atoms with Crippen LogP contribution < -0.4 is 25.7 Å². The number of hydrogen-bond acceptors (Lipinski definition) is 16. The Kier molecular flexibility index (Phi) is 23.3. The molecule has 2 saturated heterocycles. The molecule has 2 aromatic heterocycles. The Morgan fingerprint density at radius 1 is 1.05 bits per heavy atom. The van der Waals surface area contributed by atoms with Gasteiger partial charge in [-0.2, -0.15) is 0 Å². The summed E-state index contributed by atoms with van der Waals surface area (Å²) in [7, 11) is 9.82. The maximum atomic E-state index is 13.7. The number of benzene rings is 1. The van der Waals surface area contributed by atoms with Crippen LogP contribution in [-0.2, 0) is 67.1 Å². The summed E-state index contributed by atoms with van der Waals surface area (Å²) in [5.74, 6) is -1.18. The Labute approximate surface area is 445 Å². The van der Waals surface area contributed by atoms with Gasteiger partial charge in [-0.3, -0.25) is 25.1 Å². The van der Waals surface area contributed by atoms with Crippen LogP contribution in [0, 0.1) is 5.92 Å². The minimum Gasteiger partial charge on any atom is -0.495 e. The van der Waals surface area contributed by atoms with Gasteiger partial charge in [-0.15, -0.1) is 0 Å². The summed E-state index contributed by atoms with van der Waals surface area (Å²) in [5, 5.41) is 20.1. The number of carbonyl (C=O) groups excluding carboxylic acids is 5. The summed E-state index contributed by atoms with van der Waals surface area (Å²) in [6.07, 6.45) is 5.07. The second-order valence-corrected chi connectivity index (χ2v) is 19.3. The van der Waals surface area contributed by atoms with Gasteiger partial charge in [0.05, 0.1) is 71.3 Å². The smallest absolute Gasteiger partial charge is 0.409 e. The number of nitrogens with zero attached hydrogens (tertiary/aromatic N) is 5. The predicted octanol–water partition coefficient (Wildman–Crippen LogP) is 4.70. The first-order valence-corrected chi connectivity index (χ1v) is 25.7. The maximum Gasteiger partial charge on any atom is 0.409 e. The summed E-state index contributed by atoms with van der Waals surface area (Å²) in [6, 6.07) is 8.62. The molecule has 2 aliphatic heterocycles. The number of ether oxygens (including phenoxy) is 7. The van der Waals surface area contributed by atoms with E-state index in [0.717, 1.165) is 27.9 Å². The first kappa shape index (κ1) is 60.2. The van der Waals surface area contributed by atoms with Gasteiger partial charge in [0.15, 0.2) is 5.72 Å². The fraction of sp³-hybridized carbons (Fsp3) is 0.585. The van der Waals surface area contributed by atoms with E-state index in [2.05, 4.69) is 31.7 Å². The molecule has 0 aliphatic carbocycles. The molecule has 21 nitrogen and oxygen atoms in total. The zero-order valence-corrected chi connectivity index (χ0v) is 45.8. The van der Waals surface area contributed by atoms with Crippen LogP contribution in [-0.4, -0.2) is 173 Å². The summed E-state index contributed by atoms with van der Waals surface area (Å²) >= 11 is 6.75. The van der Waals surface area contributed by atoms with Crippen molar-refractivity contribution in [3.63, 3.8) is 0 Å². The number of allylic oxidation sites excluding steroid dienone is 3. The van der Waals surface area contributed by atoms with Crippen molar-refractivity contribution in [3.8, 4) is 5.75 Å². The number of amides is 4. The number of esters is 1. The average Bonchev–Trinajstić information content (AvgIpc) is 4.19. The van der Waals surface area contributed by atoms with Gasteiger partial charge in [0.1, 0.15) is 40.8 Å². The number of aryl methyl sites for hydroxylation is 1. The van der Waals surface area contributed by atoms with E-state index in [1.54, 1.807) is 51.4 Å². The summed E-state index contributed by atoms with van der Waals surface area (Å²) in [6.45, 7) is 10.1. The van der Waals surface area contributed by atoms with E-state index in [4.69, 9.17) is 44.8 Å². The molecule has 7 atom stereocenters. The predicted molar refractivity (Wildman–Crippen MR) is 282 cm³/mol. The molecule has 75 heavy (non-hydrogen) atoms. The van der Waals surface area contributed by atoms with Crippen molar-refractivity contribution in [2.45, 2.75) is 115 Å². The normalized spacial score (nSPS) is 19.3. The third-order valence-corrected chi connectivity index (χ3v) is 13.9. The molecule has 7 unspecified atom stereocenters. The number of epoxide rings is 1. The van der Waals surface area contributed by atoms with Crippen LogP contribution in [0.5, 0.6) is 5.75 Å². The largest absolute Gasteiger partial charge is 0.495 e. The molecule has 3 aromatic rings.